The maximum absolute atomic E-state index is 12.3. The zero-order valence-electron chi connectivity index (χ0n) is 11.0. The van der Waals surface area contributed by atoms with Crippen molar-refractivity contribution in [2.24, 2.45) is 0 Å². The fraction of sp³-hybridized carbons (Fsp3) is 0.133. The van der Waals surface area contributed by atoms with Gasteiger partial charge in [-0.3, -0.25) is 4.79 Å². The second-order valence-corrected chi connectivity index (χ2v) is 4.94. The summed E-state index contributed by atoms with van der Waals surface area (Å²) in [6, 6.07) is 11.7. The summed E-state index contributed by atoms with van der Waals surface area (Å²) in [5.41, 5.74) is 7.31. The first kappa shape index (κ1) is 14.2. The highest BCUT2D eigenvalue weighted by atomic mass is 35.5. The van der Waals surface area contributed by atoms with E-state index in [1.54, 1.807) is 43.4 Å². The Kier molecular flexibility index (Phi) is 4.15. The Morgan fingerprint density at radius 1 is 1.30 bits per heavy atom. The van der Waals surface area contributed by atoms with E-state index < -0.39 is 0 Å². The van der Waals surface area contributed by atoms with Crippen LogP contribution in [0.2, 0.25) is 5.02 Å². The standard InChI is InChI=1S/C15H15ClN2O2/c1-18(9-10-4-2-5-11(19)8-10)15(20)12-6-3-7-13(16)14(12)17/h2-8,19H,9,17H2,1H3. The number of nitrogens with two attached hydrogens (primary N) is 1. The number of phenolic OH excluding ortho intramolecular Hbond substituents is 1. The molecule has 2 aromatic rings. The lowest BCUT2D eigenvalue weighted by Gasteiger charge is -2.18. The van der Waals surface area contributed by atoms with Gasteiger partial charge in [-0.25, -0.2) is 0 Å². The van der Waals surface area contributed by atoms with E-state index in [2.05, 4.69) is 0 Å². The largest absolute Gasteiger partial charge is 0.508 e. The molecule has 3 N–H and O–H groups in total. The van der Waals surface area contributed by atoms with Crippen molar-refractivity contribution >= 4 is 23.2 Å². The molecule has 0 atom stereocenters. The summed E-state index contributed by atoms with van der Waals surface area (Å²) in [7, 11) is 1.67. The lowest BCUT2D eigenvalue weighted by atomic mass is 10.1. The SMILES string of the molecule is CN(Cc1cccc(O)c1)C(=O)c1cccc(Cl)c1N. The Morgan fingerprint density at radius 2 is 2.00 bits per heavy atom. The van der Waals surface area contributed by atoms with E-state index in [9.17, 15) is 9.90 Å². The summed E-state index contributed by atoms with van der Waals surface area (Å²) >= 11 is 5.91. The summed E-state index contributed by atoms with van der Waals surface area (Å²) in [4.78, 5) is 13.9. The van der Waals surface area contributed by atoms with Crippen molar-refractivity contribution in [3.63, 3.8) is 0 Å². The molecule has 0 aliphatic rings. The van der Waals surface area contributed by atoms with Crippen LogP contribution < -0.4 is 5.73 Å². The molecule has 0 aliphatic carbocycles. The third-order valence-electron chi connectivity index (χ3n) is 2.96. The van der Waals surface area contributed by atoms with Crippen molar-refractivity contribution < 1.29 is 9.90 Å². The number of benzene rings is 2. The van der Waals surface area contributed by atoms with Gasteiger partial charge in [-0.2, -0.15) is 0 Å². The molecule has 0 aliphatic heterocycles. The van der Waals surface area contributed by atoms with E-state index in [4.69, 9.17) is 17.3 Å². The highest BCUT2D eigenvalue weighted by Gasteiger charge is 2.16. The maximum Gasteiger partial charge on any atom is 0.256 e. The Morgan fingerprint density at radius 3 is 2.70 bits per heavy atom. The molecular weight excluding hydrogens is 276 g/mol. The molecule has 0 fully saturated rings. The van der Waals surface area contributed by atoms with Crippen LogP contribution in [0.5, 0.6) is 5.75 Å². The van der Waals surface area contributed by atoms with E-state index in [0.717, 1.165) is 5.56 Å². The fourth-order valence-corrected chi connectivity index (χ4v) is 2.10. The first-order valence-corrected chi connectivity index (χ1v) is 6.44. The number of rotatable bonds is 3. The molecule has 0 aromatic heterocycles. The van der Waals surface area contributed by atoms with Crippen LogP contribution in [0.4, 0.5) is 5.69 Å². The Balaban J connectivity index is 2.19. The molecule has 5 heteroatoms. The van der Waals surface area contributed by atoms with Crippen molar-refractivity contribution in [2.75, 3.05) is 12.8 Å². The molecule has 104 valence electrons. The minimum Gasteiger partial charge on any atom is -0.508 e. The van der Waals surface area contributed by atoms with Crippen molar-refractivity contribution in [3.8, 4) is 5.75 Å². The number of carbonyl (C=O) groups is 1. The molecule has 0 saturated heterocycles. The predicted molar refractivity (Wildman–Crippen MR) is 79.8 cm³/mol. The number of nitrogen functional groups attached to an aromatic ring is 1. The van der Waals surface area contributed by atoms with E-state index in [-0.39, 0.29) is 17.3 Å². The number of anilines is 1. The number of hydrogen-bond donors (Lipinski definition) is 2. The zero-order chi connectivity index (χ0) is 14.7. The molecule has 1 amide bonds. The van der Waals surface area contributed by atoms with Crippen LogP contribution in [0, 0.1) is 0 Å². The molecule has 2 aromatic carbocycles. The molecule has 2 rings (SSSR count). The number of aromatic hydroxyl groups is 1. The number of para-hydroxylation sites is 1. The Labute approximate surface area is 122 Å². The smallest absolute Gasteiger partial charge is 0.256 e. The first-order chi connectivity index (χ1) is 9.49. The summed E-state index contributed by atoms with van der Waals surface area (Å²) in [5.74, 6) is -0.0426. The summed E-state index contributed by atoms with van der Waals surface area (Å²) < 4.78 is 0. The summed E-state index contributed by atoms with van der Waals surface area (Å²) in [5, 5.41) is 9.78. The Hall–Kier alpha value is -2.20. The van der Waals surface area contributed by atoms with Crippen LogP contribution in [0.25, 0.3) is 0 Å². The number of carbonyl (C=O) groups excluding carboxylic acids is 1. The number of halogens is 1. The monoisotopic (exact) mass is 290 g/mol. The Bertz CT molecular complexity index is 644. The fourth-order valence-electron chi connectivity index (χ4n) is 1.93. The molecule has 20 heavy (non-hydrogen) atoms. The van der Waals surface area contributed by atoms with Crippen molar-refractivity contribution in [1.29, 1.82) is 0 Å². The maximum atomic E-state index is 12.3. The minimum absolute atomic E-state index is 0.172. The van der Waals surface area contributed by atoms with Gasteiger partial charge in [0.25, 0.3) is 5.91 Å². The lowest BCUT2D eigenvalue weighted by Crippen LogP contribution is -2.27. The molecule has 4 nitrogen and oxygen atoms in total. The van der Waals surface area contributed by atoms with E-state index >= 15 is 0 Å². The van der Waals surface area contributed by atoms with Gasteiger partial charge in [0.05, 0.1) is 16.3 Å². The number of amides is 1. The predicted octanol–water partition coefficient (Wildman–Crippen LogP) is 2.90. The number of nitrogens with zero attached hydrogens (tertiary/aromatic N) is 1. The van der Waals surface area contributed by atoms with Gasteiger partial charge in [0, 0.05) is 13.6 Å². The van der Waals surface area contributed by atoms with Crippen molar-refractivity contribution in [3.05, 3.63) is 58.6 Å². The van der Waals surface area contributed by atoms with Crippen LogP contribution in [-0.2, 0) is 6.54 Å². The van der Waals surface area contributed by atoms with Crippen LogP contribution in [0.1, 0.15) is 15.9 Å². The van der Waals surface area contributed by atoms with Crippen LogP contribution in [-0.4, -0.2) is 23.0 Å². The molecule has 0 saturated carbocycles. The third kappa shape index (κ3) is 3.03. The van der Waals surface area contributed by atoms with Gasteiger partial charge < -0.3 is 15.7 Å². The number of phenols is 1. The minimum atomic E-state index is -0.214. The van der Waals surface area contributed by atoms with Gasteiger partial charge in [0.1, 0.15) is 5.75 Å². The van der Waals surface area contributed by atoms with Crippen molar-refractivity contribution in [2.45, 2.75) is 6.54 Å². The third-order valence-corrected chi connectivity index (χ3v) is 3.29. The summed E-state index contributed by atoms with van der Waals surface area (Å²) in [6.45, 7) is 0.374. The van der Waals surface area contributed by atoms with Gasteiger partial charge in [-0.05, 0) is 29.8 Å². The normalized spacial score (nSPS) is 10.3. The molecule has 0 spiro atoms. The highest BCUT2D eigenvalue weighted by Crippen LogP contribution is 2.24. The molecular formula is C15H15ClN2O2. The second kappa shape index (κ2) is 5.84. The van der Waals surface area contributed by atoms with E-state index in [1.807, 2.05) is 6.07 Å². The van der Waals surface area contributed by atoms with Crippen LogP contribution in [0.15, 0.2) is 42.5 Å². The molecule has 0 radical (unpaired) electrons. The average molecular weight is 291 g/mol. The van der Waals surface area contributed by atoms with Crippen LogP contribution >= 0.6 is 11.6 Å². The van der Waals surface area contributed by atoms with Gasteiger partial charge in [-0.1, -0.05) is 29.8 Å². The molecule has 0 heterocycles. The average Bonchev–Trinajstić information content (AvgIpc) is 2.41. The van der Waals surface area contributed by atoms with E-state index in [0.29, 0.717) is 17.1 Å². The number of hydrogen-bond acceptors (Lipinski definition) is 3. The topological polar surface area (TPSA) is 66.6 Å². The second-order valence-electron chi connectivity index (χ2n) is 4.53. The van der Waals surface area contributed by atoms with Gasteiger partial charge in [-0.15, -0.1) is 0 Å². The zero-order valence-corrected chi connectivity index (χ0v) is 11.8. The van der Waals surface area contributed by atoms with E-state index in [1.165, 1.54) is 4.90 Å². The highest BCUT2D eigenvalue weighted by molar-refractivity contribution is 6.33. The van der Waals surface area contributed by atoms with Crippen LogP contribution in [0.3, 0.4) is 0 Å². The van der Waals surface area contributed by atoms with Crippen molar-refractivity contribution in [1.82, 2.24) is 4.90 Å². The van der Waals surface area contributed by atoms with Gasteiger partial charge >= 0.3 is 0 Å². The van der Waals surface area contributed by atoms with Gasteiger partial charge in [0.15, 0.2) is 0 Å². The lowest BCUT2D eigenvalue weighted by molar-refractivity contribution is 0.0786. The quantitative estimate of drug-likeness (QED) is 0.854. The molecule has 0 unspecified atom stereocenters. The summed E-state index contributed by atoms with van der Waals surface area (Å²) in [6.07, 6.45) is 0. The van der Waals surface area contributed by atoms with Gasteiger partial charge in [0.2, 0.25) is 0 Å². The molecule has 0 bridgehead atoms. The first-order valence-electron chi connectivity index (χ1n) is 6.06.